The standard InChI is InChI=1S/C21H25N3O4/c1-22(21(26)13-16-6-5-9-18(12-16)24(27)28)20(17-7-3-2-4-8-17)15-23-11-10-19(25)14-23/h2-9,12,19-20,25H,10-11,13-15H2,1H3/t19?,20-/m0/s1. The molecule has 7 heteroatoms. The van der Waals surface area contributed by atoms with Crippen molar-refractivity contribution in [2.45, 2.75) is 25.0 Å². The summed E-state index contributed by atoms with van der Waals surface area (Å²) in [6.07, 6.45) is 0.527. The zero-order valence-electron chi connectivity index (χ0n) is 15.9. The fourth-order valence-electron chi connectivity index (χ4n) is 3.60. The minimum Gasteiger partial charge on any atom is -0.392 e. The molecule has 1 aliphatic heterocycles. The summed E-state index contributed by atoms with van der Waals surface area (Å²) in [5, 5.41) is 20.8. The smallest absolute Gasteiger partial charge is 0.269 e. The predicted molar refractivity (Wildman–Crippen MR) is 106 cm³/mol. The van der Waals surface area contributed by atoms with Crippen LogP contribution in [0.3, 0.4) is 0 Å². The van der Waals surface area contributed by atoms with Crippen LogP contribution in [0.2, 0.25) is 0 Å². The molecule has 2 aromatic carbocycles. The SMILES string of the molecule is CN(C(=O)Cc1cccc([N+](=O)[O-])c1)[C@@H](CN1CCC(O)C1)c1ccccc1. The molecule has 1 aliphatic rings. The molecule has 0 spiro atoms. The van der Waals surface area contributed by atoms with Crippen LogP contribution in [0, 0.1) is 10.1 Å². The van der Waals surface area contributed by atoms with Gasteiger partial charge in [-0.05, 0) is 17.5 Å². The lowest BCUT2D eigenvalue weighted by molar-refractivity contribution is -0.384. The number of aliphatic hydroxyl groups excluding tert-OH is 1. The summed E-state index contributed by atoms with van der Waals surface area (Å²) < 4.78 is 0. The number of likely N-dealkylation sites (tertiary alicyclic amines) is 1. The average molecular weight is 383 g/mol. The van der Waals surface area contributed by atoms with Crippen LogP contribution in [0.5, 0.6) is 0 Å². The number of rotatable bonds is 7. The summed E-state index contributed by atoms with van der Waals surface area (Å²) in [4.78, 5) is 27.3. The van der Waals surface area contributed by atoms with Crippen LogP contribution in [0.15, 0.2) is 54.6 Å². The molecule has 1 unspecified atom stereocenters. The van der Waals surface area contributed by atoms with Crippen LogP contribution in [0.25, 0.3) is 0 Å². The minimum absolute atomic E-state index is 0.0152. The molecule has 0 saturated carbocycles. The third kappa shape index (κ3) is 4.94. The number of nitro benzene ring substituents is 1. The van der Waals surface area contributed by atoms with Crippen LogP contribution < -0.4 is 0 Å². The lowest BCUT2D eigenvalue weighted by Crippen LogP contribution is -2.39. The van der Waals surface area contributed by atoms with Crippen molar-refractivity contribution >= 4 is 11.6 Å². The third-order valence-electron chi connectivity index (χ3n) is 5.20. The maximum absolute atomic E-state index is 12.9. The van der Waals surface area contributed by atoms with Crippen molar-refractivity contribution < 1.29 is 14.8 Å². The number of aliphatic hydroxyl groups is 1. The van der Waals surface area contributed by atoms with Gasteiger partial charge in [-0.2, -0.15) is 0 Å². The van der Waals surface area contributed by atoms with Gasteiger partial charge in [0, 0.05) is 38.8 Å². The van der Waals surface area contributed by atoms with Crippen LogP contribution in [0.4, 0.5) is 5.69 Å². The van der Waals surface area contributed by atoms with Crippen molar-refractivity contribution in [3.8, 4) is 0 Å². The molecule has 3 rings (SSSR count). The molecular weight excluding hydrogens is 358 g/mol. The van der Waals surface area contributed by atoms with Gasteiger partial charge >= 0.3 is 0 Å². The van der Waals surface area contributed by atoms with Crippen LogP contribution in [-0.4, -0.2) is 58.5 Å². The first-order chi connectivity index (χ1) is 13.4. The second-order valence-corrected chi connectivity index (χ2v) is 7.24. The van der Waals surface area contributed by atoms with E-state index in [1.807, 2.05) is 30.3 Å². The van der Waals surface area contributed by atoms with Crippen molar-refractivity contribution in [3.63, 3.8) is 0 Å². The Kier molecular flexibility index (Phi) is 6.38. The number of hydrogen-bond acceptors (Lipinski definition) is 5. The number of carbonyl (C=O) groups excluding carboxylic acids is 1. The molecule has 2 aromatic rings. The molecule has 28 heavy (non-hydrogen) atoms. The molecule has 1 amide bonds. The molecular formula is C21H25N3O4. The first-order valence-corrected chi connectivity index (χ1v) is 9.38. The highest BCUT2D eigenvalue weighted by atomic mass is 16.6. The van der Waals surface area contributed by atoms with Gasteiger partial charge in [-0.1, -0.05) is 42.5 Å². The average Bonchev–Trinajstić information content (AvgIpc) is 3.11. The lowest BCUT2D eigenvalue weighted by Gasteiger charge is -2.32. The Morgan fingerprint density at radius 1 is 1.29 bits per heavy atom. The van der Waals surface area contributed by atoms with E-state index in [0.717, 1.165) is 18.5 Å². The normalized spacial score (nSPS) is 18.0. The number of amides is 1. The summed E-state index contributed by atoms with van der Waals surface area (Å²) in [5.41, 5.74) is 1.63. The van der Waals surface area contributed by atoms with Crippen LogP contribution >= 0.6 is 0 Å². The van der Waals surface area contributed by atoms with Crippen molar-refractivity contribution in [2.75, 3.05) is 26.7 Å². The quantitative estimate of drug-likeness (QED) is 0.586. The molecule has 1 saturated heterocycles. The van der Waals surface area contributed by atoms with Gasteiger partial charge in [0.05, 0.1) is 23.5 Å². The highest BCUT2D eigenvalue weighted by Crippen LogP contribution is 2.24. The zero-order chi connectivity index (χ0) is 20.1. The largest absolute Gasteiger partial charge is 0.392 e. The maximum Gasteiger partial charge on any atom is 0.269 e. The number of likely N-dealkylation sites (N-methyl/N-ethyl adjacent to an activating group) is 1. The van der Waals surface area contributed by atoms with E-state index in [4.69, 9.17) is 0 Å². The van der Waals surface area contributed by atoms with Gasteiger partial charge < -0.3 is 10.0 Å². The molecule has 1 N–H and O–H groups in total. The first kappa shape index (κ1) is 20.0. The summed E-state index contributed by atoms with van der Waals surface area (Å²) in [6.45, 7) is 2.05. The lowest BCUT2D eigenvalue weighted by atomic mass is 10.0. The van der Waals surface area contributed by atoms with Crippen LogP contribution in [0.1, 0.15) is 23.6 Å². The van der Waals surface area contributed by atoms with E-state index < -0.39 is 4.92 Å². The fraction of sp³-hybridized carbons (Fsp3) is 0.381. The molecule has 148 valence electrons. The highest BCUT2D eigenvalue weighted by Gasteiger charge is 2.28. The Balaban J connectivity index is 1.76. The summed E-state index contributed by atoms with van der Waals surface area (Å²) in [7, 11) is 1.77. The van der Waals surface area contributed by atoms with E-state index in [2.05, 4.69) is 4.90 Å². The van der Waals surface area contributed by atoms with E-state index in [1.54, 1.807) is 24.1 Å². The van der Waals surface area contributed by atoms with Crippen molar-refractivity contribution in [1.82, 2.24) is 9.80 Å². The Hall–Kier alpha value is -2.77. The molecule has 0 aromatic heterocycles. The Bertz CT molecular complexity index is 827. The number of nitro groups is 1. The van der Waals surface area contributed by atoms with E-state index in [9.17, 15) is 20.0 Å². The van der Waals surface area contributed by atoms with Gasteiger partial charge in [0.15, 0.2) is 0 Å². The van der Waals surface area contributed by atoms with Gasteiger partial charge in [-0.25, -0.2) is 0 Å². The van der Waals surface area contributed by atoms with Gasteiger partial charge in [0.2, 0.25) is 5.91 Å². The Morgan fingerprint density at radius 3 is 2.68 bits per heavy atom. The van der Waals surface area contributed by atoms with Gasteiger partial charge in [0.25, 0.3) is 5.69 Å². The predicted octanol–water partition coefficient (Wildman–Crippen LogP) is 2.40. The fourth-order valence-corrected chi connectivity index (χ4v) is 3.60. The van der Waals surface area contributed by atoms with Gasteiger partial charge in [0.1, 0.15) is 0 Å². The Morgan fingerprint density at radius 2 is 2.04 bits per heavy atom. The van der Waals surface area contributed by atoms with Crippen molar-refractivity contribution in [3.05, 3.63) is 75.8 Å². The zero-order valence-corrected chi connectivity index (χ0v) is 15.9. The molecule has 0 bridgehead atoms. The molecule has 0 radical (unpaired) electrons. The van der Waals surface area contributed by atoms with E-state index in [1.165, 1.54) is 12.1 Å². The summed E-state index contributed by atoms with van der Waals surface area (Å²) in [5.74, 6) is -0.103. The van der Waals surface area contributed by atoms with E-state index in [-0.39, 0.29) is 30.2 Å². The van der Waals surface area contributed by atoms with Crippen molar-refractivity contribution in [2.24, 2.45) is 0 Å². The number of non-ortho nitro benzene ring substituents is 1. The van der Waals surface area contributed by atoms with Gasteiger partial charge in [-0.3, -0.25) is 19.8 Å². The first-order valence-electron chi connectivity index (χ1n) is 9.38. The maximum atomic E-state index is 12.9. The van der Waals surface area contributed by atoms with E-state index in [0.29, 0.717) is 18.7 Å². The number of carbonyl (C=O) groups is 1. The number of β-amino-alcohol motifs (C(OH)–C–C–N with tert-alkyl or cyclic N) is 1. The number of benzene rings is 2. The number of nitrogens with zero attached hydrogens (tertiary/aromatic N) is 3. The molecule has 0 aliphatic carbocycles. The van der Waals surface area contributed by atoms with Crippen molar-refractivity contribution in [1.29, 1.82) is 0 Å². The minimum atomic E-state index is -0.455. The Labute approximate surface area is 164 Å². The summed E-state index contributed by atoms with van der Waals surface area (Å²) in [6, 6.07) is 15.9. The van der Waals surface area contributed by atoms with Crippen LogP contribution in [-0.2, 0) is 11.2 Å². The molecule has 1 fully saturated rings. The molecule has 7 nitrogen and oxygen atoms in total. The number of hydrogen-bond donors (Lipinski definition) is 1. The van der Waals surface area contributed by atoms with E-state index >= 15 is 0 Å². The second kappa shape index (κ2) is 8.95. The summed E-state index contributed by atoms with van der Waals surface area (Å²) >= 11 is 0. The highest BCUT2D eigenvalue weighted by molar-refractivity contribution is 5.79. The van der Waals surface area contributed by atoms with Gasteiger partial charge in [-0.15, -0.1) is 0 Å². The monoisotopic (exact) mass is 383 g/mol. The molecule has 2 atom stereocenters. The second-order valence-electron chi connectivity index (χ2n) is 7.24. The molecule has 1 heterocycles. The third-order valence-corrected chi connectivity index (χ3v) is 5.20. The topological polar surface area (TPSA) is 86.9 Å².